The fraction of sp³-hybridized carbons (Fsp3) is 0.0625. The molecule has 3 heteroatoms. The molecule has 0 aliphatic rings. The minimum atomic E-state index is -0.599. The van der Waals surface area contributed by atoms with Crippen molar-refractivity contribution in [2.24, 2.45) is 0 Å². The third-order valence-electron chi connectivity index (χ3n) is 3.14. The number of halogens is 1. The lowest BCUT2D eigenvalue weighted by atomic mass is 10.00. The number of hydrogen-bond donors (Lipinski definition) is 1. The first-order valence-corrected chi connectivity index (χ1v) is 7.11. The van der Waals surface area contributed by atoms with Gasteiger partial charge in [0, 0.05) is 15.2 Å². The van der Waals surface area contributed by atoms with Gasteiger partial charge in [0.05, 0.1) is 5.52 Å². The van der Waals surface area contributed by atoms with E-state index in [0.717, 1.165) is 25.6 Å². The molecule has 0 aliphatic heterocycles. The number of rotatable bonds is 2. The van der Waals surface area contributed by atoms with Crippen molar-refractivity contribution in [3.63, 3.8) is 0 Å². The highest BCUT2D eigenvalue weighted by atomic mass is 127. The minimum absolute atomic E-state index is 0.599. The van der Waals surface area contributed by atoms with Crippen LogP contribution in [0.25, 0.3) is 10.9 Å². The molecule has 0 saturated heterocycles. The summed E-state index contributed by atoms with van der Waals surface area (Å²) >= 11 is 2.25. The van der Waals surface area contributed by atoms with Gasteiger partial charge in [0.15, 0.2) is 0 Å². The fourth-order valence-corrected chi connectivity index (χ4v) is 2.82. The van der Waals surface area contributed by atoms with Crippen LogP contribution in [0.1, 0.15) is 17.2 Å². The monoisotopic (exact) mass is 361 g/mol. The summed E-state index contributed by atoms with van der Waals surface area (Å²) in [6.07, 6.45) is 1.18. The molecule has 2 aromatic carbocycles. The highest BCUT2D eigenvalue weighted by molar-refractivity contribution is 14.1. The molecule has 1 heterocycles. The predicted molar refractivity (Wildman–Crippen MR) is 85.0 cm³/mol. The minimum Gasteiger partial charge on any atom is -0.384 e. The quantitative estimate of drug-likeness (QED) is 0.702. The van der Waals surface area contributed by atoms with Crippen LogP contribution in [0.2, 0.25) is 0 Å². The van der Waals surface area contributed by atoms with Crippen LogP contribution < -0.4 is 0 Å². The molecule has 3 rings (SSSR count). The largest absolute Gasteiger partial charge is 0.384 e. The molecule has 0 saturated carbocycles. The van der Waals surface area contributed by atoms with Crippen LogP contribution in [0.3, 0.4) is 0 Å². The summed E-state index contributed by atoms with van der Waals surface area (Å²) in [6, 6.07) is 17.7. The second-order valence-corrected chi connectivity index (χ2v) is 5.54. The van der Waals surface area contributed by atoms with Gasteiger partial charge in [0.25, 0.3) is 0 Å². The van der Waals surface area contributed by atoms with E-state index in [1.165, 1.54) is 0 Å². The lowest BCUT2D eigenvalue weighted by Gasteiger charge is -2.13. The number of hydrogen-bond acceptors (Lipinski definition) is 2. The molecule has 1 atom stereocenters. The number of aromatic nitrogens is 1. The van der Waals surface area contributed by atoms with Crippen LogP contribution in [0.5, 0.6) is 0 Å². The topological polar surface area (TPSA) is 33.1 Å². The Morgan fingerprint density at radius 1 is 1.00 bits per heavy atom. The van der Waals surface area contributed by atoms with Gasteiger partial charge in [-0.25, -0.2) is 0 Å². The molecule has 1 N–H and O–H groups in total. The predicted octanol–water partition coefficient (Wildman–Crippen LogP) is 3.92. The van der Waals surface area contributed by atoms with Gasteiger partial charge < -0.3 is 5.11 Å². The molecule has 0 fully saturated rings. The lowest BCUT2D eigenvalue weighted by molar-refractivity contribution is 0.219. The molecule has 0 bridgehead atoms. The fourth-order valence-electron chi connectivity index (χ4n) is 2.14. The molecule has 3 aromatic rings. The molecule has 0 spiro atoms. The SMILES string of the molecule is OC(c1ccc2ncccc2c1)c1ccccc1I. The van der Waals surface area contributed by atoms with E-state index < -0.39 is 6.10 Å². The summed E-state index contributed by atoms with van der Waals surface area (Å²) in [5.74, 6) is 0. The molecule has 2 nitrogen and oxygen atoms in total. The van der Waals surface area contributed by atoms with E-state index in [0.29, 0.717) is 0 Å². The van der Waals surface area contributed by atoms with Crippen LogP contribution in [0.4, 0.5) is 0 Å². The highest BCUT2D eigenvalue weighted by Gasteiger charge is 2.13. The van der Waals surface area contributed by atoms with Crippen molar-refractivity contribution in [3.8, 4) is 0 Å². The molecule has 19 heavy (non-hydrogen) atoms. The molecular formula is C16H12INO. The van der Waals surface area contributed by atoms with Crippen LogP contribution in [0.15, 0.2) is 60.8 Å². The van der Waals surface area contributed by atoms with Crippen molar-refractivity contribution in [2.75, 3.05) is 0 Å². The molecule has 1 unspecified atom stereocenters. The van der Waals surface area contributed by atoms with E-state index in [2.05, 4.69) is 27.6 Å². The van der Waals surface area contributed by atoms with Gasteiger partial charge in [-0.15, -0.1) is 0 Å². The zero-order chi connectivity index (χ0) is 13.2. The first-order valence-electron chi connectivity index (χ1n) is 6.03. The standard InChI is InChI=1S/C16H12INO/c17-14-6-2-1-5-13(14)16(19)12-7-8-15-11(10-12)4-3-9-18-15/h1-10,16,19H. The summed E-state index contributed by atoms with van der Waals surface area (Å²) in [5.41, 5.74) is 2.78. The normalized spacial score (nSPS) is 12.5. The maximum absolute atomic E-state index is 10.5. The van der Waals surface area contributed by atoms with Gasteiger partial charge in [-0.3, -0.25) is 4.98 Å². The maximum atomic E-state index is 10.5. The van der Waals surface area contributed by atoms with Crippen molar-refractivity contribution in [1.82, 2.24) is 4.98 Å². The number of aliphatic hydroxyl groups excluding tert-OH is 1. The average Bonchev–Trinajstić information content (AvgIpc) is 2.46. The third-order valence-corrected chi connectivity index (χ3v) is 4.13. The van der Waals surface area contributed by atoms with E-state index in [4.69, 9.17) is 0 Å². The summed E-state index contributed by atoms with van der Waals surface area (Å²) in [6.45, 7) is 0. The summed E-state index contributed by atoms with van der Waals surface area (Å²) in [4.78, 5) is 4.29. The molecule has 0 radical (unpaired) electrons. The van der Waals surface area contributed by atoms with E-state index in [-0.39, 0.29) is 0 Å². The van der Waals surface area contributed by atoms with Crippen molar-refractivity contribution in [2.45, 2.75) is 6.10 Å². The van der Waals surface area contributed by atoms with E-state index >= 15 is 0 Å². The zero-order valence-electron chi connectivity index (χ0n) is 10.1. The van der Waals surface area contributed by atoms with Gasteiger partial charge in [-0.05, 0) is 58.0 Å². The Hall–Kier alpha value is -1.46. The Morgan fingerprint density at radius 2 is 1.84 bits per heavy atom. The maximum Gasteiger partial charge on any atom is 0.105 e. The van der Waals surface area contributed by atoms with Crippen LogP contribution >= 0.6 is 22.6 Å². The van der Waals surface area contributed by atoms with Crippen molar-refractivity contribution in [1.29, 1.82) is 0 Å². The van der Waals surface area contributed by atoms with Crippen LogP contribution in [0, 0.1) is 3.57 Å². The number of nitrogens with zero attached hydrogens (tertiary/aromatic N) is 1. The third kappa shape index (κ3) is 2.48. The van der Waals surface area contributed by atoms with Crippen molar-refractivity contribution < 1.29 is 5.11 Å². The summed E-state index contributed by atoms with van der Waals surface area (Å²) in [5, 5.41) is 11.6. The molecule has 0 amide bonds. The number of pyridine rings is 1. The van der Waals surface area contributed by atoms with Gasteiger partial charge in [0.2, 0.25) is 0 Å². The molecular weight excluding hydrogens is 349 g/mol. The number of fused-ring (bicyclic) bond motifs is 1. The van der Waals surface area contributed by atoms with Crippen LogP contribution in [-0.4, -0.2) is 10.1 Å². The highest BCUT2D eigenvalue weighted by Crippen LogP contribution is 2.27. The lowest BCUT2D eigenvalue weighted by Crippen LogP contribution is -2.01. The van der Waals surface area contributed by atoms with E-state index in [9.17, 15) is 5.11 Å². The summed E-state index contributed by atoms with van der Waals surface area (Å²) < 4.78 is 1.07. The van der Waals surface area contributed by atoms with E-state index in [1.54, 1.807) is 6.20 Å². The first-order chi connectivity index (χ1) is 9.25. The van der Waals surface area contributed by atoms with Gasteiger partial charge in [0.1, 0.15) is 6.10 Å². The van der Waals surface area contributed by atoms with Crippen molar-refractivity contribution >= 4 is 33.5 Å². The van der Waals surface area contributed by atoms with Crippen LogP contribution in [-0.2, 0) is 0 Å². The van der Waals surface area contributed by atoms with Gasteiger partial charge in [-0.1, -0.05) is 30.3 Å². The smallest absolute Gasteiger partial charge is 0.105 e. The van der Waals surface area contributed by atoms with E-state index in [1.807, 2.05) is 54.6 Å². The molecule has 1 aromatic heterocycles. The van der Waals surface area contributed by atoms with Crippen molar-refractivity contribution in [3.05, 3.63) is 75.5 Å². The first kappa shape index (κ1) is 12.6. The Morgan fingerprint density at radius 3 is 2.68 bits per heavy atom. The Labute approximate surface area is 125 Å². The van der Waals surface area contributed by atoms with Gasteiger partial charge >= 0.3 is 0 Å². The molecule has 94 valence electrons. The molecule has 0 aliphatic carbocycles. The number of aliphatic hydroxyl groups is 1. The Balaban J connectivity index is 2.07. The average molecular weight is 361 g/mol. The zero-order valence-corrected chi connectivity index (χ0v) is 12.3. The van der Waals surface area contributed by atoms with Gasteiger partial charge in [-0.2, -0.15) is 0 Å². The second-order valence-electron chi connectivity index (χ2n) is 4.38. The Bertz CT molecular complexity index is 727. The number of benzene rings is 2. The second kappa shape index (κ2) is 5.27. The summed E-state index contributed by atoms with van der Waals surface area (Å²) in [7, 11) is 0. The Kier molecular flexibility index (Phi) is 3.48.